The Morgan fingerprint density at radius 3 is 2.38 bits per heavy atom. The summed E-state index contributed by atoms with van der Waals surface area (Å²) in [6.45, 7) is 3.58. The minimum absolute atomic E-state index is 0.0182. The van der Waals surface area contributed by atoms with Crippen molar-refractivity contribution in [3.63, 3.8) is 0 Å². The average Bonchev–Trinajstić information content (AvgIpc) is 2.06. The molecular formula is C8H16O5. The van der Waals surface area contributed by atoms with Crippen LogP contribution in [0.1, 0.15) is 13.8 Å². The van der Waals surface area contributed by atoms with Gasteiger partial charge in [-0.3, -0.25) is 0 Å². The molecule has 78 valence electrons. The van der Waals surface area contributed by atoms with Gasteiger partial charge in [-0.2, -0.15) is 0 Å². The van der Waals surface area contributed by atoms with Gasteiger partial charge in [0.25, 0.3) is 0 Å². The SMILES string of the molecule is CC(C)O[C@H]1OC[C@@H](O)C(O)[C@@H]1O. The van der Waals surface area contributed by atoms with Crippen LogP contribution < -0.4 is 0 Å². The van der Waals surface area contributed by atoms with Gasteiger partial charge in [0.05, 0.1) is 12.7 Å². The van der Waals surface area contributed by atoms with Gasteiger partial charge in [-0.15, -0.1) is 0 Å². The molecule has 4 atom stereocenters. The molecule has 1 saturated heterocycles. The average molecular weight is 192 g/mol. The van der Waals surface area contributed by atoms with Crippen molar-refractivity contribution in [1.82, 2.24) is 0 Å². The molecule has 3 N–H and O–H groups in total. The van der Waals surface area contributed by atoms with Gasteiger partial charge in [0.2, 0.25) is 0 Å². The normalized spacial score (nSPS) is 41.1. The molecule has 0 radical (unpaired) electrons. The fourth-order valence-corrected chi connectivity index (χ4v) is 1.17. The Morgan fingerprint density at radius 1 is 1.23 bits per heavy atom. The summed E-state index contributed by atoms with van der Waals surface area (Å²) in [5.41, 5.74) is 0. The van der Waals surface area contributed by atoms with E-state index in [0.717, 1.165) is 0 Å². The number of hydrogen-bond acceptors (Lipinski definition) is 5. The van der Waals surface area contributed by atoms with Gasteiger partial charge in [0, 0.05) is 0 Å². The third-order valence-corrected chi connectivity index (χ3v) is 1.86. The fourth-order valence-electron chi connectivity index (χ4n) is 1.17. The summed E-state index contributed by atoms with van der Waals surface area (Å²) in [7, 11) is 0. The monoisotopic (exact) mass is 192 g/mol. The fraction of sp³-hybridized carbons (Fsp3) is 1.00. The van der Waals surface area contributed by atoms with Crippen LogP contribution in [0.15, 0.2) is 0 Å². The lowest BCUT2D eigenvalue weighted by atomic mass is 10.1. The molecule has 0 aliphatic carbocycles. The zero-order valence-electron chi connectivity index (χ0n) is 7.75. The Kier molecular flexibility index (Phi) is 3.63. The first-order valence-electron chi connectivity index (χ1n) is 4.33. The lowest BCUT2D eigenvalue weighted by Crippen LogP contribution is -2.54. The third-order valence-electron chi connectivity index (χ3n) is 1.86. The molecule has 0 saturated carbocycles. The van der Waals surface area contributed by atoms with Crippen molar-refractivity contribution in [2.45, 2.75) is 44.6 Å². The second-order valence-corrected chi connectivity index (χ2v) is 3.44. The summed E-state index contributed by atoms with van der Waals surface area (Å²) in [5.74, 6) is 0. The number of ether oxygens (including phenoxy) is 2. The van der Waals surface area contributed by atoms with Crippen LogP contribution in [0.25, 0.3) is 0 Å². The Balaban J connectivity index is 2.48. The van der Waals surface area contributed by atoms with Crippen LogP contribution in [0.2, 0.25) is 0 Å². The van der Waals surface area contributed by atoms with Crippen LogP contribution in [-0.2, 0) is 9.47 Å². The smallest absolute Gasteiger partial charge is 0.186 e. The Bertz CT molecular complexity index is 161. The van der Waals surface area contributed by atoms with Crippen molar-refractivity contribution in [3.05, 3.63) is 0 Å². The van der Waals surface area contributed by atoms with Crippen molar-refractivity contribution >= 4 is 0 Å². The second-order valence-electron chi connectivity index (χ2n) is 3.44. The molecular weight excluding hydrogens is 176 g/mol. The first kappa shape index (κ1) is 10.9. The van der Waals surface area contributed by atoms with Gasteiger partial charge in [0.1, 0.15) is 18.3 Å². The van der Waals surface area contributed by atoms with Crippen LogP contribution in [0.5, 0.6) is 0 Å². The van der Waals surface area contributed by atoms with Crippen molar-refractivity contribution in [1.29, 1.82) is 0 Å². The molecule has 0 aromatic carbocycles. The van der Waals surface area contributed by atoms with E-state index in [-0.39, 0.29) is 12.7 Å². The Hall–Kier alpha value is -0.200. The zero-order valence-corrected chi connectivity index (χ0v) is 7.75. The Labute approximate surface area is 76.9 Å². The molecule has 1 aliphatic rings. The van der Waals surface area contributed by atoms with Crippen LogP contribution in [-0.4, -0.2) is 52.6 Å². The first-order chi connectivity index (χ1) is 6.02. The Morgan fingerprint density at radius 2 is 1.85 bits per heavy atom. The summed E-state index contributed by atoms with van der Waals surface area (Å²) in [6, 6.07) is 0. The van der Waals surface area contributed by atoms with E-state index in [2.05, 4.69) is 0 Å². The molecule has 13 heavy (non-hydrogen) atoms. The molecule has 1 fully saturated rings. The summed E-state index contributed by atoms with van der Waals surface area (Å²) in [5, 5.41) is 27.8. The molecule has 0 spiro atoms. The van der Waals surface area contributed by atoms with Crippen molar-refractivity contribution in [3.8, 4) is 0 Å². The van der Waals surface area contributed by atoms with Gasteiger partial charge in [0.15, 0.2) is 6.29 Å². The van der Waals surface area contributed by atoms with Gasteiger partial charge >= 0.3 is 0 Å². The number of aliphatic hydroxyl groups is 3. The van der Waals surface area contributed by atoms with Crippen LogP contribution in [0.4, 0.5) is 0 Å². The molecule has 0 aromatic rings. The predicted octanol–water partition coefficient (Wildman–Crippen LogP) is -1.15. The highest BCUT2D eigenvalue weighted by Gasteiger charge is 2.38. The molecule has 1 aliphatic heterocycles. The van der Waals surface area contributed by atoms with Crippen molar-refractivity contribution in [2.75, 3.05) is 6.61 Å². The van der Waals surface area contributed by atoms with E-state index in [1.807, 2.05) is 0 Å². The zero-order chi connectivity index (χ0) is 10.0. The van der Waals surface area contributed by atoms with E-state index in [9.17, 15) is 10.2 Å². The predicted molar refractivity (Wildman–Crippen MR) is 44.0 cm³/mol. The highest BCUT2D eigenvalue weighted by molar-refractivity contribution is 4.82. The van der Waals surface area contributed by atoms with E-state index < -0.39 is 24.6 Å². The molecule has 5 heteroatoms. The summed E-state index contributed by atoms with van der Waals surface area (Å²) >= 11 is 0. The number of rotatable bonds is 2. The van der Waals surface area contributed by atoms with E-state index in [4.69, 9.17) is 14.6 Å². The van der Waals surface area contributed by atoms with E-state index in [1.54, 1.807) is 13.8 Å². The first-order valence-corrected chi connectivity index (χ1v) is 4.33. The summed E-state index contributed by atoms with van der Waals surface area (Å²) < 4.78 is 10.2. The standard InChI is InChI=1S/C8H16O5/c1-4(2)13-8-7(11)6(10)5(9)3-12-8/h4-11H,3H2,1-2H3/t5-,6?,7+,8-/m1/s1. The van der Waals surface area contributed by atoms with Crippen molar-refractivity contribution < 1.29 is 24.8 Å². The van der Waals surface area contributed by atoms with Crippen molar-refractivity contribution in [2.24, 2.45) is 0 Å². The maximum absolute atomic E-state index is 9.40. The second kappa shape index (κ2) is 4.34. The maximum atomic E-state index is 9.40. The van der Waals surface area contributed by atoms with Crippen LogP contribution >= 0.6 is 0 Å². The quantitative estimate of drug-likeness (QED) is 0.515. The molecule has 1 heterocycles. The third kappa shape index (κ3) is 2.62. The van der Waals surface area contributed by atoms with E-state index in [1.165, 1.54) is 0 Å². The summed E-state index contributed by atoms with van der Waals surface area (Å²) in [4.78, 5) is 0. The lowest BCUT2D eigenvalue weighted by molar-refractivity contribution is -0.278. The van der Waals surface area contributed by atoms with Gasteiger partial charge in [-0.05, 0) is 13.8 Å². The molecule has 0 bridgehead atoms. The van der Waals surface area contributed by atoms with E-state index in [0.29, 0.717) is 0 Å². The molecule has 1 unspecified atom stereocenters. The maximum Gasteiger partial charge on any atom is 0.186 e. The highest BCUT2D eigenvalue weighted by Crippen LogP contribution is 2.17. The molecule has 0 amide bonds. The number of aliphatic hydroxyl groups excluding tert-OH is 3. The van der Waals surface area contributed by atoms with Crippen LogP contribution in [0.3, 0.4) is 0 Å². The van der Waals surface area contributed by atoms with Gasteiger partial charge < -0.3 is 24.8 Å². The van der Waals surface area contributed by atoms with Gasteiger partial charge in [-0.1, -0.05) is 0 Å². The molecule has 5 nitrogen and oxygen atoms in total. The highest BCUT2D eigenvalue weighted by atomic mass is 16.7. The van der Waals surface area contributed by atoms with E-state index >= 15 is 0 Å². The minimum atomic E-state index is -1.20. The summed E-state index contributed by atoms with van der Waals surface area (Å²) in [6.07, 6.45) is -4.37. The van der Waals surface area contributed by atoms with Crippen LogP contribution in [0, 0.1) is 0 Å². The topological polar surface area (TPSA) is 79.2 Å². The molecule has 1 rings (SSSR count). The molecule has 0 aromatic heterocycles. The number of hydrogen-bond donors (Lipinski definition) is 3. The largest absolute Gasteiger partial charge is 0.388 e. The lowest BCUT2D eigenvalue weighted by Gasteiger charge is -2.35. The minimum Gasteiger partial charge on any atom is -0.388 e. The van der Waals surface area contributed by atoms with Gasteiger partial charge in [-0.25, -0.2) is 0 Å².